The second-order valence-corrected chi connectivity index (χ2v) is 3.96. The van der Waals surface area contributed by atoms with E-state index in [1.165, 1.54) is 0 Å². The minimum atomic E-state index is 0.0405. The van der Waals surface area contributed by atoms with Crippen LogP contribution in [-0.4, -0.2) is 45.4 Å². The third kappa shape index (κ3) is 5.44. The summed E-state index contributed by atoms with van der Waals surface area (Å²) in [6, 6.07) is 0. The topological polar surface area (TPSA) is 73.6 Å². The molecular weight excluding hydrogens is 208 g/mol. The van der Waals surface area contributed by atoms with Gasteiger partial charge < -0.3 is 20.5 Å². The van der Waals surface area contributed by atoms with Crippen molar-refractivity contribution in [1.29, 1.82) is 0 Å². The quantitative estimate of drug-likeness (QED) is 0.599. The molecular formula is C11H22N2O3. The zero-order valence-corrected chi connectivity index (χ0v) is 9.74. The SMILES string of the molecule is NCCOCCCNC(=O)C1CCCOC1. The van der Waals surface area contributed by atoms with Crippen molar-refractivity contribution in [3.05, 3.63) is 0 Å². The van der Waals surface area contributed by atoms with Gasteiger partial charge in [0.25, 0.3) is 0 Å². The van der Waals surface area contributed by atoms with E-state index < -0.39 is 0 Å². The van der Waals surface area contributed by atoms with Crippen LogP contribution >= 0.6 is 0 Å². The van der Waals surface area contributed by atoms with E-state index in [2.05, 4.69) is 5.32 Å². The van der Waals surface area contributed by atoms with E-state index in [-0.39, 0.29) is 11.8 Å². The monoisotopic (exact) mass is 230 g/mol. The van der Waals surface area contributed by atoms with Gasteiger partial charge in [0.05, 0.1) is 19.1 Å². The number of nitrogens with two attached hydrogens (primary N) is 1. The van der Waals surface area contributed by atoms with Gasteiger partial charge in [-0.15, -0.1) is 0 Å². The molecule has 0 radical (unpaired) electrons. The Morgan fingerprint density at radius 1 is 1.50 bits per heavy atom. The molecule has 1 atom stereocenters. The van der Waals surface area contributed by atoms with Crippen LogP contribution in [0.2, 0.25) is 0 Å². The second kappa shape index (κ2) is 8.50. The number of ether oxygens (including phenoxy) is 2. The first kappa shape index (κ1) is 13.4. The molecule has 5 heteroatoms. The molecule has 1 fully saturated rings. The standard InChI is InChI=1S/C11H22N2O3/c12-4-8-15-7-2-5-13-11(14)10-3-1-6-16-9-10/h10H,1-9,12H2,(H,13,14). The van der Waals surface area contributed by atoms with Gasteiger partial charge in [-0.25, -0.2) is 0 Å². The first-order chi connectivity index (χ1) is 7.84. The Bertz CT molecular complexity index is 194. The Morgan fingerprint density at radius 3 is 3.06 bits per heavy atom. The van der Waals surface area contributed by atoms with Crippen LogP contribution in [0.15, 0.2) is 0 Å². The predicted molar refractivity (Wildman–Crippen MR) is 61.0 cm³/mol. The van der Waals surface area contributed by atoms with Crippen LogP contribution in [0.4, 0.5) is 0 Å². The predicted octanol–water partition coefficient (Wildman–Crippen LogP) is -0.105. The van der Waals surface area contributed by atoms with Gasteiger partial charge in [0, 0.05) is 26.3 Å². The molecule has 1 saturated heterocycles. The largest absolute Gasteiger partial charge is 0.381 e. The Hall–Kier alpha value is -0.650. The Kier molecular flexibility index (Phi) is 7.12. The minimum absolute atomic E-state index is 0.0405. The van der Waals surface area contributed by atoms with E-state index >= 15 is 0 Å². The van der Waals surface area contributed by atoms with Crippen LogP contribution in [0.1, 0.15) is 19.3 Å². The van der Waals surface area contributed by atoms with Crippen LogP contribution in [0.3, 0.4) is 0 Å². The Balaban J connectivity index is 1.97. The number of carbonyl (C=O) groups is 1. The summed E-state index contributed by atoms with van der Waals surface area (Å²) in [5.41, 5.74) is 5.28. The molecule has 0 aromatic carbocycles. The minimum Gasteiger partial charge on any atom is -0.381 e. The van der Waals surface area contributed by atoms with E-state index in [1.807, 2.05) is 0 Å². The van der Waals surface area contributed by atoms with Crippen molar-refractivity contribution in [1.82, 2.24) is 5.32 Å². The summed E-state index contributed by atoms with van der Waals surface area (Å²) in [6.07, 6.45) is 2.76. The average Bonchev–Trinajstić information content (AvgIpc) is 2.34. The van der Waals surface area contributed by atoms with Crippen molar-refractivity contribution in [2.75, 3.05) is 39.5 Å². The molecule has 0 spiro atoms. The summed E-state index contributed by atoms with van der Waals surface area (Å²) in [5.74, 6) is 0.150. The molecule has 94 valence electrons. The highest BCUT2D eigenvalue weighted by Gasteiger charge is 2.20. The Labute approximate surface area is 96.7 Å². The molecule has 1 aliphatic heterocycles. The fourth-order valence-corrected chi connectivity index (χ4v) is 1.66. The molecule has 5 nitrogen and oxygen atoms in total. The van der Waals surface area contributed by atoms with E-state index in [0.717, 1.165) is 25.9 Å². The number of hydrogen-bond donors (Lipinski definition) is 2. The van der Waals surface area contributed by atoms with Crippen LogP contribution < -0.4 is 11.1 Å². The van der Waals surface area contributed by atoms with Gasteiger partial charge in [0.2, 0.25) is 5.91 Å². The summed E-state index contributed by atoms with van der Waals surface area (Å²) in [6.45, 7) is 3.81. The number of hydrogen-bond acceptors (Lipinski definition) is 4. The molecule has 1 unspecified atom stereocenters. The maximum absolute atomic E-state index is 11.6. The molecule has 0 aliphatic carbocycles. The maximum Gasteiger partial charge on any atom is 0.225 e. The molecule has 0 bridgehead atoms. The van der Waals surface area contributed by atoms with Crippen molar-refractivity contribution in [2.24, 2.45) is 11.7 Å². The molecule has 3 N–H and O–H groups in total. The third-order valence-electron chi connectivity index (χ3n) is 2.56. The van der Waals surface area contributed by atoms with Gasteiger partial charge in [-0.1, -0.05) is 0 Å². The highest BCUT2D eigenvalue weighted by molar-refractivity contribution is 5.78. The van der Waals surface area contributed by atoms with Gasteiger partial charge in [-0.3, -0.25) is 4.79 Å². The maximum atomic E-state index is 11.6. The summed E-state index contributed by atoms with van der Waals surface area (Å²) in [5, 5.41) is 2.90. The number of amides is 1. The van der Waals surface area contributed by atoms with Gasteiger partial charge >= 0.3 is 0 Å². The van der Waals surface area contributed by atoms with Gasteiger partial charge in [0.1, 0.15) is 0 Å². The lowest BCUT2D eigenvalue weighted by molar-refractivity contribution is -0.128. The zero-order chi connectivity index (χ0) is 11.6. The summed E-state index contributed by atoms with van der Waals surface area (Å²) < 4.78 is 10.5. The summed E-state index contributed by atoms with van der Waals surface area (Å²) in [7, 11) is 0. The van der Waals surface area contributed by atoms with Gasteiger partial charge in [0.15, 0.2) is 0 Å². The summed E-state index contributed by atoms with van der Waals surface area (Å²) in [4.78, 5) is 11.6. The highest BCUT2D eigenvalue weighted by Crippen LogP contribution is 2.13. The van der Waals surface area contributed by atoms with Crippen LogP contribution in [0.25, 0.3) is 0 Å². The molecule has 1 heterocycles. The number of rotatable bonds is 7. The lowest BCUT2D eigenvalue weighted by Crippen LogP contribution is -2.36. The van der Waals surface area contributed by atoms with Crippen molar-refractivity contribution >= 4 is 5.91 Å². The fraction of sp³-hybridized carbons (Fsp3) is 0.909. The zero-order valence-electron chi connectivity index (χ0n) is 9.74. The fourth-order valence-electron chi connectivity index (χ4n) is 1.66. The first-order valence-corrected chi connectivity index (χ1v) is 5.98. The lowest BCUT2D eigenvalue weighted by atomic mass is 10.0. The van der Waals surface area contributed by atoms with Crippen molar-refractivity contribution in [3.8, 4) is 0 Å². The van der Waals surface area contributed by atoms with Crippen molar-refractivity contribution in [2.45, 2.75) is 19.3 Å². The Morgan fingerprint density at radius 2 is 2.38 bits per heavy atom. The van der Waals surface area contributed by atoms with Crippen LogP contribution in [-0.2, 0) is 14.3 Å². The number of carbonyl (C=O) groups excluding carboxylic acids is 1. The van der Waals surface area contributed by atoms with E-state index in [9.17, 15) is 4.79 Å². The molecule has 1 amide bonds. The smallest absolute Gasteiger partial charge is 0.225 e. The molecule has 16 heavy (non-hydrogen) atoms. The third-order valence-corrected chi connectivity index (χ3v) is 2.56. The van der Waals surface area contributed by atoms with E-state index in [4.69, 9.17) is 15.2 Å². The second-order valence-electron chi connectivity index (χ2n) is 3.96. The van der Waals surface area contributed by atoms with Crippen molar-refractivity contribution in [3.63, 3.8) is 0 Å². The van der Waals surface area contributed by atoms with E-state index in [1.54, 1.807) is 0 Å². The van der Waals surface area contributed by atoms with Crippen molar-refractivity contribution < 1.29 is 14.3 Å². The van der Waals surface area contributed by atoms with Gasteiger partial charge in [-0.05, 0) is 19.3 Å². The average molecular weight is 230 g/mol. The van der Waals surface area contributed by atoms with Crippen LogP contribution in [0, 0.1) is 5.92 Å². The molecule has 0 saturated carbocycles. The molecule has 0 aromatic rings. The normalized spacial score (nSPS) is 20.7. The highest BCUT2D eigenvalue weighted by atomic mass is 16.5. The molecule has 0 aromatic heterocycles. The molecule has 1 aliphatic rings. The number of nitrogens with one attached hydrogen (secondary N) is 1. The lowest BCUT2D eigenvalue weighted by Gasteiger charge is -2.21. The first-order valence-electron chi connectivity index (χ1n) is 5.98. The summed E-state index contributed by atoms with van der Waals surface area (Å²) >= 11 is 0. The van der Waals surface area contributed by atoms with Gasteiger partial charge in [-0.2, -0.15) is 0 Å². The molecule has 1 rings (SSSR count). The van der Waals surface area contributed by atoms with Crippen LogP contribution in [0.5, 0.6) is 0 Å². The van der Waals surface area contributed by atoms with E-state index in [0.29, 0.717) is 32.9 Å².